The van der Waals surface area contributed by atoms with E-state index in [1.54, 1.807) is 0 Å². The van der Waals surface area contributed by atoms with Gasteiger partial charge in [0.15, 0.2) is 6.61 Å². The molecular weight excluding hydrogens is 483 g/mol. The lowest BCUT2D eigenvalue weighted by molar-refractivity contribution is -0.414. The molecule has 0 aromatic carbocycles. The van der Waals surface area contributed by atoms with E-state index in [0.29, 0.717) is 6.08 Å². The second kappa shape index (κ2) is 8.58. The zero-order valence-corrected chi connectivity index (χ0v) is 17.1. The Balaban J connectivity index is 6.12. The van der Waals surface area contributed by atoms with Gasteiger partial charge in [0, 0.05) is 5.41 Å². The molecule has 0 saturated carbocycles. The van der Waals surface area contributed by atoms with E-state index in [0.717, 1.165) is 20.8 Å². The first kappa shape index (κ1) is 30.3. The second-order valence-corrected chi connectivity index (χ2v) is 8.11. The number of ether oxygens (including phenoxy) is 1. The Labute approximate surface area is 173 Å². The predicted octanol–water partition coefficient (Wildman–Crippen LogP) is 6.69. The van der Waals surface area contributed by atoms with Crippen LogP contribution in [0.15, 0.2) is 11.6 Å². The molecule has 15 heteroatoms. The smallest absolute Gasteiger partial charge is 0.384 e. The van der Waals surface area contributed by atoms with E-state index in [1.165, 1.54) is 13.8 Å². The summed E-state index contributed by atoms with van der Waals surface area (Å²) in [7, 11) is 0. The van der Waals surface area contributed by atoms with E-state index in [4.69, 9.17) is 0 Å². The highest BCUT2D eigenvalue weighted by Gasteiger charge is 2.88. The minimum atomic E-state index is -7.76. The lowest BCUT2D eigenvalue weighted by Gasteiger charge is -2.39. The summed E-state index contributed by atoms with van der Waals surface area (Å²) in [4.78, 5) is 11.9. The van der Waals surface area contributed by atoms with E-state index in [1.807, 2.05) is 0 Å². The number of halogens is 13. The minimum absolute atomic E-state index is 0.0527. The fourth-order valence-corrected chi connectivity index (χ4v) is 2.10. The second-order valence-electron chi connectivity index (χ2n) is 8.11. The maximum Gasteiger partial charge on any atom is 0.384 e. The molecule has 0 spiro atoms. The van der Waals surface area contributed by atoms with Crippen molar-refractivity contribution in [1.29, 1.82) is 0 Å². The third kappa shape index (κ3) is 4.80. The molecule has 0 bridgehead atoms. The van der Waals surface area contributed by atoms with Crippen LogP contribution in [0.4, 0.5) is 57.1 Å². The van der Waals surface area contributed by atoms with Crippen molar-refractivity contribution in [2.45, 2.75) is 76.3 Å². The Morgan fingerprint density at radius 3 is 1.50 bits per heavy atom. The molecule has 0 heterocycles. The van der Waals surface area contributed by atoms with E-state index in [-0.39, 0.29) is 5.57 Å². The number of hydrogen-bond acceptors (Lipinski definition) is 2. The van der Waals surface area contributed by atoms with E-state index in [2.05, 4.69) is 4.74 Å². The zero-order valence-electron chi connectivity index (χ0n) is 17.1. The number of esters is 1. The van der Waals surface area contributed by atoms with Gasteiger partial charge < -0.3 is 4.74 Å². The summed E-state index contributed by atoms with van der Waals surface area (Å²) in [5, 5.41) is 0. The van der Waals surface area contributed by atoms with Crippen molar-refractivity contribution in [1.82, 2.24) is 0 Å². The molecule has 2 nitrogen and oxygen atoms in total. The summed E-state index contributed by atoms with van der Waals surface area (Å²) in [5.41, 5.74) is -5.03. The van der Waals surface area contributed by atoms with Crippen molar-refractivity contribution in [3.8, 4) is 0 Å². The van der Waals surface area contributed by atoms with Crippen LogP contribution in [-0.4, -0.2) is 54.3 Å². The van der Waals surface area contributed by atoms with Gasteiger partial charge in [-0.25, -0.2) is 18.0 Å². The van der Waals surface area contributed by atoms with E-state index < -0.39 is 59.7 Å². The van der Waals surface area contributed by atoms with Gasteiger partial charge in [0.05, 0.1) is 0 Å². The number of carbonyl (C=O) groups is 1. The molecule has 32 heavy (non-hydrogen) atoms. The minimum Gasteiger partial charge on any atom is -0.456 e. The summed E-state index contributed by atoms with van der Waals surface area (Å²) < 4.78 is 176. The Hall–Kier alpha value is -1.70. The number of hydrogen-bond donors (Lipinski definition) is 0. The van der Waals surface area contributed by atoms with Crippen molar-refractivity contribution in [3.63, 3.8) is 0 Å². The van der Waals surface area contributed by atoms with Crippen LogP contribution in [-0.2, 0) is 9.53 Å². The standard InChI is InChI=1S/C17H19F13O2/c1-8(2)6-12(20,11(3,4)5)10(31)32-7-13(21,22)15(25,26)17(29,30)16(27,28)14(23,24)9(18)19/h6,9H,7H2,1-5H3. The summed E-state index contributed by atoms with van der Waals surface area (Å²) >= 11 is 0. The summed E-state index contributed by atoms with van der Waals surface area (Å²) in [6.45, 7) is 2.37. The number of carbonyl (C=O) groups excluding carboxylic acids is 1. The lowest BCUT2D eigenvalue weighted by Crippen LogP contribution is -2.69. The molecule has 0 aliphatic rings. The average molecular weight is 502 g/mol. The first-order valence-electron chi connectivity index (χ1n) is 8.43. The SMILES string of the molecule is CC(C)=CC(F)(C(=O)OCC(F)(F)C(F)(F)C(F)(F)C(F)(F)C(F)(F)C(F)F)C(C)(C)C. The van der Waals surface area contributed by atoms with Crippen LogP contribution in [0.2, 0.25) is 0 Å². The quantitative estimate of drug-likeness (QED) is 0.200. The van der Waals surface area contributed by atoms with Crippen LogP contribution in [0, 0.1) is 5.41 Å². The topological polar surface area (TPSA) is 26.3 Å². The van der Waals surface area contributed by atoms with Gasteiger partial charge in [0.25, 0.3) is 0 Å². The maximum atomic E-state index is 15.0. The Morgan fingerprint density at radius 2 is 1.19 bits per heavy atom. The molecule has 1 atom stereocenters. The van der Waals surface area contributed by atoms with Gasteiger partial charge >= 0.3 is 42.0 Å². The van der Waals surface area contributed by atoms with Gasteiger partial charge in [-0.05, 0) is 19.9 Å². The van der Waals surface area contributed by atoms with Crippen LogP contribution < -0.4 is 0 Å². The van der Waals surface area contributed by atoms with Gasteiger partial charge in [-0.15, -0.1) is 0 Å². The Kier molecular flexibility index (Phi) is 8.12. The monoisotopic (exact) mass is 502 g/mol. The van der Waals surface area contributed by atoms with Crippen molar-refractivity contribution in [2.24, 2.45) is 5.41 Å². The first-order chi connectivity index (χ1) is 13.7. The third-order valence-corrected chi connectivity index (χ3v) is 4.20. The van der Waals surface area contributed by atoms with Crippen molar-refractivity contribution in [3.05, 3.63) is 11.6 Å². The van der Waals surface area contributed by atoms with Crippen molar-refractivity contribution >= 4 is 5.97 Å². The van der Waals surface area contributed by atoms with Crippen LogP contribution >= 0.6 is 0 Å². The van der Waals surface area contributed by atoms with Crippen molar-refractivity contribution in [2.75, 3.05) is 6.61 Å². The molecule has 0 saturated heterocycles. The third-order valence-electron chi connectivity index (χ3n) is 4.20. The van der Waals surface area contributed by atoms with Crippen LogP contribution in [0.25, 0.3) is 0 Å². The van der Waals surface area contributed by atoms with Crippen LogP contribution in [0.1, 0.15) is 34.6 Å². The maximum absolute atomic E-state index is 15.0. The largest absolute Gasteiger partial charge is 0.456 e. The zero-order chi connectivity index (χ0) is 26.4. The average Bonchev–Trinajstić information content (AvgIpc) is 2.56. The molecular formula is C17H19F13O2. The summed E-state index contributed by atoms with van der Waals surface area (Å²) in [6, 6.07) is 0. The molecule has 0 fully saturated rings. The molecule has 0 aromatic heterocycles. The number of rotatable bonds is 9. The first-order valence-corrected chi connectivity index (χ1v) is 8.43. The lowest BCUT2D eigenvalue weighted by atomic mass is 9.77. The fraction of sp³-hybridized carbons (Fsp3) is 0.824. The predicted molar refractivity (Wildman–Crippen MR) is 84.4 cm³/mol. The molecule has 0 aromatic rings. The van der Waals surface area contributed by atoms with E-state index in [9.17, 15) is 57.5 Å². The Morgan fingerprint density at radius 1 is 0.781 bits per heavy atom. The fourth-order valence-electron chi connectivity index (χ4n) is 2.10. The number of alkyl halides is 13. The van der Waals surface area contributed by atoms with Gasteiger partial charge in [-0.3, -0.25) is 0 Å². The van der Waals surface area contributed by atoms with Crippen molar-refractivity contribution < 1.29 is 66.6 Å². The summed E-state index contributed by atoms with van der Waals surface area (Å²) in [5.74, 6) is -38.8. The molecule has 0 N–H and O–H groups in total. The van der Waals surface area contributed by atoms with E-state index >= 15 is 4.39 Å². The normalized spacial score (nSPS) is 16.6. The van der Waals surface area contributed by atoms with Gasteiger partial charge in [0.2, 0.25) is 5.67 Å². The highest BCUT2D eigenvalue weighted by molar-refractivity contribution is 5.83. The highest BCUT2D eigenvalue weighted by atomic mass is 19.4. The number of allylic oxidation sites excluding steroid dienone is 1. The van der Waals surface area contributed by atoms with Gasteiger partial charge in [0.1, 0.15) is 0 Å². The molecule has 1 unspecified atom stereocenters. The summed E-state index contributed by atoms with van der Waals surface area (Å²) in [6.07, 6.45) is -5.11. The van der Waals surface area contributed by atoms with Gasteiger partial charge in [-0.2, -0.15) is 43.9 Å². The van der Waals surface area contributed by atoms with Crippen LogP contribution in [0.5, 0.6) is 0 Å². The highest BCUT2D eigenvalue weighted by Crippen LogP contribution is 2.58. The van der Waals surface area contributed by atoms with Gasteiger partial charge in [-0.1, -0.05) is 26.3 Å². The molecule has 0 amide bonds. The molecule has 0 radical (unpaired) electrons. The molecule has 0 rings (SSSR count). The Bertz CT molecular complexity index is 718. The molecule has 190 valence electrons. The molecule has 0 aliphatic carbocycles. The van der Waals surface area contributed by atoms with Crippen LogP contribution in [0.3, 0.4) is 0 Å². The molecule has 0 aliphatic heterocycles.